The fourth-order valence-corrected chi connectivity index (χ4v) is 2.18. The molecule has 18 heavy (non-hydrogen) atoms. The number of benzene rings is 1. The molecule has 7 heteroatoms. The Kier molecular flexibility index (Phi) is 3.99. The second-order valence-electron chi connectivity index (χ2n) is 3.92. The molecular formula is C11H13ClO5S. The Labute approximate surface area is 111 Å². The van der Waals surface area contributed by atoms with Crippen LogP contribution in [0.4, 0.5) is 0 Å². The van der Waals surface area contributed by atoms with Gasteiger partial charge >= 0.3 is 0 Å². The van der Waals surface area contributed by atoms with Crippen LogP contribution in [0.1, 0.15) is 12.0 Å². The van der Waals surface area contributed by atoms with Gasteiger partial charge in [-0.1, -0.05) is 11.6 Å². The lowest BCUT2D eigenvalue weighted by molar-refractivity contribution is 0.296. The molecule has 2 rings (SSSR count). The minimum Gasteiger partial charge on any atom is -0.489 e. The molecule has 1 aliphatic rings. The van der Waals surface area contributed by atoms with Crippen molar-refractivity contribution in [1.82, 2.24) is 0 Å². The van der Waals surface area contributed by atoms with E-state index in [2.05, 4.69) is 0 Å². The number of hydrogen-bond donors (Lipinski definition) is 0. The maximum absolute atomic E-state index is 10.9. The summed E-state index contributed by atoms with van der Waals surface area (Å²) in [4.78, 5) is 0. The summed E-state index contributed by atoms with van der Waals surface area (Å²) >= 11 is 6.06. The molecule has 1 aromatic rings. The first-order valence-corrected chi connectivity index (χ1v) is 7.57. The van der Waals surface area contributed by atoms with E-state index >= 15 is 0 Å². The summed E-state index contributed by atoms with van der Waals surface area (Å²) in [7, 11) is -3.48. The van der Waals surface area contributed by atoms with Crippen molar-refractivity contribution >= 4 is 21.7 Å². The Bertz CT molecular complexity index is 541. The van der Waals surface area contributed by atoms with Gasteiger partial charge in [0.25, 0.3) is 10.1 Å². The molecule has 0 atom stereocenters. The van der Waals surface area contributed by atoms with Crippen LogP contribution in [0.2, 0.25) is 5.02 Å². The molecule has 5 nitrogen and oxygen atoms in total. The second-order valence-corrected chi connectivity index (χ2v) is 5.97. The number of halogens is 1. The standard InChI is InChI=1S/C11H13ClO5S/c1-18(13,14)17-7-8-5-9(12)11-10(6-8)15-3-2-4-16-11/h5-6H,2-4,7H2,1H3. The van der Waals surface area contributed by atoms with Crippen molar-refractivity contribution in [2.75, 3.05) is 19.5 Å². The van der Waals surface area contributed by atoms with E-state index in [0.29, 0.717) is 35.3 Å². The molecule has 0 unspecified atom stereocenters. The average Bonchev–Trinajstić information content (AvgIpc) is 2.51. The molecule has 0 saturated carbocycles. The summed E-state index contributed by atoms with van der Waals surface area (Å²) in [6.45, 7) is 1.01. The number of fused-ring (bicyclic) bond motifs is 1. The first-order chi connectivity index (χ1) is 8.46. The molecule has 0 spiro atoms. The molecule has 0 aliphatic carbocycles. The lowest BCUT2D eigenvalue weighted by atomic mass is 10.2. The minimum absolute atomic E-state index is 0.0742. The molecule has 0 N–H and O–H groups in total. The number of ether oxygens (including phenoxy) is 2. The quantitative estimate of drug-likeness (QED) is 0.797. The highest BCUT2D eigenvalue weighted by molar-refractivity contribution is 7.85. The Morgan fingerprint density at radius 3 is 2.78 bits per heavy atom. The van der Waals surface area contributed by atoms with Gasteiger partial charge in [-0.15, -0.1) is 0 Å². The van der Waals surface area contributed by atoms with Crippen molar-refractivity contribution in [3.63, 3.8) is 0 Å². The Balaban J connectivity index is 2.23. The summed E-state index contributed by atoms with van der Waals surface area (Å²) in [5, 5.41) is 0.390. The fraction of sp³-hybridized carbons (Fsp3) is 0.455. The van der Waals surface area contributed by atoms with Crippen LogP contribution < -0.4 is 9.47 Å². The van der Waals surface area contributed by atoms with Gasteiger partial charge in [0, 0.05) is 6.42 Å². The van der Waals surface area contributed by atoms with Gasteiger partial charge in [0.05, 0.1) is 31.1 Å². The largest absolute Gasteiger partial charge is 0.489 e. The molecule has 100 valence electrons. The summed E-state index contributed by atoms with van der Waals surface area (Å²) < 4.78 is 37.5. The van der Waals surface area contributed by atoms with Crippen LogP contribution in [0.5, 0.6) is 11.5 Å². The third-order valence-corrected chi connectivity index (χ3v) is 3.13. The molecule has 0 fully saturated rings. The zero-order chi connectivity index (χ0) is 13.2. The molecule has 0 aromatic heterocycles. The maximum atomic E-state index is 10.9. The van der Waals surface area contributed by atoms with Gasteiger partial charge in [0.1, 0.15) is 0 Å². The van der Waals surface area contributed by atoms with E-state index in [1.54, 1.807) is 12.1 Å². The van der Waals surface area contributed by atoms with Crippen LogP contribution in [0.15, 0.2) is 12.1 Å². The van der Waals surface area contributed by atoms with Crippen LogP contribution in [0.25, 0.3) is 0 Å². The van der Waals surface area contributed by atoms with E-state index in [4.69, 9.17) is 25.3 Å². The van der Waals surface area contributed by atoms with Crippen LogP contribution in [0.3, 0.4) is 0 Å². The predicted molar refractivity (Wildman–Crippen MR) is 66.7 cm³/mol. The molecule has 0 radical (unpaired) electrons. The topological polar surface area (TPSA) is 61.8 Å². The third-order valence-electron chi connectivity index (χ3n) is 2.30. The van der Waals surface area contributed by atoms with Crippen LogP contribution in [-0.4, -0.2) is 27.9 Å². The summed E-state index contributed by atoms with van der Waals surface area (Å²) in [6, 6.07) is 3.29. The first-order valence-electron chi connectivity index (χ1n) is 5.38. The van der Waals surface area contributed by atoms with E-state index in [1.165, 1.54) is 0 Å². The van der Waals surface area contributed by atoms with E-state index < -0.39 is 10.1 Å². The number of rotatable bonds is 3. The normalized spacial score (nSPS) is 15.2. The van der Waals surface area contributed by atoms with Crippen molar-refractivity contribution in [1.29, 1.82) is 0 Å². The fourth-order valence-electron chi connectivity index (χ4n) is 1.54. The lowest BCUT2D eigenvalue weighted by Crippen LogP contribution is -2.03. The van der Waals surface area contributed by atoms with Crippen LogP contribution >= 0.6 is 11.6 Å². The Morgan fingerprint density at radius 2 is 2.06 bits per heavy atom. The highest BCUT2D eigenvalue weighted by Crippen LogP contribution is 2.38. The minimum atomic E-state index is -3.48. The monoisotopic (exact) mass is 292 g/mol. The van der Waals surface area contributed by atoms with Crippen molar-refractivity contribution in [2.45, 2.75) is 13.0 Å². The van der Waals surface area contributed by atoms with Gasteiger partial charge in [-0.3, -0.25) is 4.18 Å². The summed E-state index contributed by atoms with van der Waals surface area (Å²) in [6.07, 6.45) is 1.78. The lowest BCUT2D eigenvalue weighted by Gasteiger charge is -2.11. The predicted octanol–water partition coefficient (Wildman–Crippen LogP) is 1.98. The molecule has 0 saturated heterocycles. The van der Waals surface area contributed by atoms with Crippen molar-refractivity contribution < 1.29 is 22.1 Å². The van der Waals surface area contributed by atoms with Gasteiger partial charge in [-0.2, -0.15) is 8.42 Å². The van der Waals surface area contributed by atoms with Crippen molar-refractivity contribution in [3.05, 3.63) is 22.7 Å². The summed E-state index contributed by atoms with van der Waals surface area (Å²) in [5.74, 6) is 1.02. The second kappa shape index (κ2) is 5.34. The van der Waals surface area contributed by atoms with Crippen molar-refractivity contribution in [2.24, 2.45) is 0 Å². The Morgan fingerprint density at radius 1 is 1.33 bits per heavy atom. The molecule has 1 heterocycles. The Hall–Kier alpha value is -0.980. The van der Waals surface area contributed by atoms with Gasteiger partial charge in [-0.05, 0) is 17.7 Å². The smallest absolute Gasteiger partial charge is 0.264 e. The molecule has 0 amide bonds. The molecule has 1 aliphatic heterocycles. The SMILES string of the molecule is CS(=O)(=O)OCc1cc(Cl)c2c(c1)OCCCO2. The number of hydrogen-bond acceptors (Lipinski definition) is 5. The molecular weight excluding hydrogens is 280 g/mol. The van der Waals surface area contributed by atoms with Gasteiger partial charge in [-0.25, -0.2) is 0 Å². The van der Waals surface area contributed by atoms with Gasteiger partial charge in [0.2, 0.25) is 0 Å². The van der Waals surface area contributed by atoms with Gasteiger partial charge in [0.15, 0.2) is 11.5 Å². The zero-order valence-corrected chi connectivity index (χ0v) is 11.4. The highest BCUT2D eigenvalue weighted by Gasteiger charge is 2.16. The summed E-state index contributed by atoms with van der Waals surface area (Å²) in [5.41, 5.74) is 0.620. The first kappa shape index (κ1) is 13.5. The van der Waals surface area contributed by atoms with Gasteiger partial charge < -0.3 is 9.47 Å². The third kappa shape index (κ3) is 3.51. The van der Waals surface area contributed by atoms with E-state index in [1.807, 2.05) is 0 Å². The maximum Gasteiger partial charge on any atom is 0.264 e. The zero-order valence-electron chi connectivity index (χ0n) is 9.81. The van der Waals surface area contributed by atoms with Crippen LogP contribution in [0, 0.1) is 0 Å². The average molecular weight is 293 g/mol. The molecule has 0 bridgehead atoms. The van der Waals surface area contributed by atoms with Crippen molar-refractivity contribution in [3.8, 4) is 11.5 Å². The van der Waals surface area contributed by atoms with Crippen LogP contribution in [-0.2, 0) is 20.9 Å². The molecule has 1 aromatic carbocycles. The van der Waals surface area contributed by atoms with E-state index in [9.17, 15) is 8.42 Å². The highest BCUT2D eigenvalue weighted by atomic mass is 35.5. The van der Waals surface area contributed by atoms with E-state index in [0.717, 1.165) is 12.7 Å². The van der Waals surface area contributed by atoms with E-state index in [-0.39, 0.29) is 6.61 Å².